The fourth-order valence-electron chi connectivity index (χ4n) is 0.420. The molecule has 0 unspecified atom stereocenters. The molecule has 0 bridgehead atoms. The fraction of sp³-hybridized carbons (Fsp3) is 0. The monoisotopic (exact) mass is 298 g/mol. The van der Waals surface area contributed by atoms with Crippen LogP contribution in [0.3, 0.4) is 0 Å². The first-order valence-electron chi connectivity index (χ1n) is 2.38. The van der Waals surface area contributed by atoms with E-state index in [9.17, 15) is 5.11 Å². The molecule has 0 N–H and O–H groups in total. The van der Waals surface area contributed by atoms with Crippen LogP contribution >= 0.6 is 22.6 Å². The Balaban J connectivity index is 0. The zero-order valence-corrected chi connectivity index (χ0v) is 10.7. The van der Waals surface area contributed by atoms with Gasteiger partial charge in [0.2, 0.25) is 0 Å². The van der Waals surface area contributed by atoms with Gasteiger partial charge in [0.05, 0.1) is 0 Å². The average Bonchev–Trinajstić information content (AvgIpc) is 1.94. The van der Waals surface area contributed by atoms with Gasteiger partial charge in [0.1, 0.15) is 0 Å². The van der Waals surface area contributed by atoms with Gasteiger partial charge in [0, 0.05) is 24.4 Å². The Morgan fingerprint density at radius 3 is 1.70 bits per heavy atom. The van der Waals surface area contributed by atoms with Gasteiger partial charge in [-0.2, -0.15) is 0 Å². The Labute approximate surface area is 87.7 Å². The summed E-state index contributed by atoms with van der Waals surface area (Å²) in [6, 6.07) is 8.33. The zero-order valence-electron chi connectivity index (χ0n) is 5.59. The third-order valence-electron chi connectivity index (χ3n) is 0.743. The Kier molecular flexibility index (Phi) is 12.2. The molecule has 0 saturated heterocycles. The molecular formula is C7H7IOZn-. The predicted molar refractivity (Wildman–Crippen MR) is 45.3 cm³/mol. The summed E-state index contributed by atoms with van der Waals surface area (Å²) in [4.78, 5) is 3.22. The predicted octanol–water partition coefficient (Wildman–Crippen LogP) is 1.97. The SMILES string of the molecule is [CH2]I.[O-]c1ccccc1.[Zn]. The van der Waals surface area contributed by atoms with E-state index >= 15 is 0 Å². The number of hydrogen-bond acceptors (Lipinski definition) is 1. The van der Waals surface area contributed by atoms with Gasteiger partial charge in [0.15, 0.2) is 0 Å². The van der Waals surface area contributed by atoms with Crippen molar-refractivity contribution < 1.29 is 24.6 Å². The topological polar surface area (TPSA) is 23.1 Å². The van der Waals surface area contributed by atoms with E-state index in [4.69, 9.17) is 0 Å². The summed E-state index contributed by atoms with van der Waals surface area (Å²) < 4.78 is 0. The summed E-state index contributed by atoms with van der Waals surface area (Å²) >= 11 is 1.90. The molecule has 0 aliphatic carbocycles. The summed E-state index contributed by atoms with van der Waals surface area (Å²) in [7, 11) is 0. The van der Waals surface area contributed by atoms with Crippen LogP contribution in [-0.2, 0) is 19.5 Å². The van der Waals surface area contributed by atoms with Crippen LogP contribution < -0.4 is 5.11 Å². The van der Waals surface area contributed by atoms with Crippen molar-refractivity contribution in [1.82, 2.24) is 0 Å². The molecule has 10 heavy (non-hydrogen) atoms. The summed E-state index contributed by atoms with van der Waals surface area (Å²) in [5.74, 6) is 0.0718. The van der Waals surface area contributed by atoms with Crippen molar-refractivity contribution in [2.24, 2.45) is 0 Å². The normalized spacial score (nSPS) is 6.60. The van der Waals surface area contributed by atoms with Crippen molar-refractivity contribution in [3.05, 3.63) is 35.3 Å². The molecule has 1 radical (unpaired) electrons. The molecule has 51 valence electrons. The summed E-state index contributed by atoms with van der Waals surface area (Å²) in [6.45, 7) is 0. The van der Waals surface area contributed by atoms with Gasteiger partial charge < -0.3 is 5.11 Å². The second-order valence-electron chi connectivity index (χ2n) is 1.31. The number of benzene rings is 1. The van der Waals surface area contributed by atoms with Crippen molar-refractivity contribution in [3.8, 4) is 5.75 Å². The van der Waals surface area contributed by atoms with Crippen molar-refractivity contribution in [2.75, 3.05) is 0 Å². The zero-order chi connectivity index (χ0) is 7.11. The van der Waals surface area contributed by atoms with E-state index in [1.807, 2.05) is 28.7 Å². The van der Waals surface area contributed by atoms with E-state index in [2.05, 4.69) is 4.93 Å². The Morgan fingerprint density at radius 1 is 1.10 bits per heavy atom. The molecule has 0 aliphatic heterocycles. The van der Waals surface area contributed by atoms with Crippen LogP contribution in [0.2, 0.25) is 0 Å². The first-order valence-corrected chi connectivity index (χ1v) is 3.91. The molecule has 1 aromatic rings. The van der Waals surface area contributed by atoms with Gasteiger partial charge in [-0.1, -0.05) is 52.9 Å². The average molecular weight is 299 g/mol. The first kappa shape index (κ1) is 13.0. The molecule has 0 heterocycles. The van der Waals surface area contributed by atoms with Crippen LogP contribution in [0.1, 0.15) is 0 Å². The third kappa shape index (κ3) is 6.49. The van der Waals surface area contributed by atoms with E-state index in [1.165, 1.54) is 12.1 Å². The van der Waals surface area contributed by atoms with Gasteiger partial charge >= 0.3 is 0 Å². The van der Waals surface area contributed by atoms with Crippen molar-refractivity contribution >= 4 is 22.6 Å². The summed E-state index contributed by atoms with van der Waals surface area (Å²) in [5.41, 5.74) is 0. The molecule has 0 aromatic heterocycles. The smallest absolute Gasteiger partial charge is 0.00852 e. The number of rotatable bonds is 0. The summed E-state index contributed by atoms with van der Waals surface area (Å²) in [6.07, 6.45) is 0. The maximum Gasteiger partial charge on any atom is 0.00852 e. The molecular weight excluding hydrogens is 292 g/mol. The number of halogens is 1. The maximum atomic E-state index is 10.3. The quantitative estimate of drug-likeness (QED) is 0.530. The van der Waals surface area contributed by atoms with Crippen molar-refractivity contribution in [2.45, 2.75) is 0 Å². The van der Waals surface area contributed by atoms with Gasteiger partial charge in [-0.25, -0.2) is 0 Å². The number of hydrogen-bond donors (Lipinski definition) is 0. The molecule has 0 amide bonds. The third-order valence-corrected chi connectivity index (χ3v) is 0.743. The van der Waals surface area contributed by atoms with Crippen LogP contribution in [0, 0.1) is 4.93 Å². The van der Waals surface area contributed by atoms with E-state index in [0.29, 0.717) is 0 Å². The molecule has 0 aliphatic rings. The minimum atomic E-state index is 0. The van der Waals surface area contributed by atoms with Gasteiger partial charge in [-0.15, -0.1) is 5.75 Å². The minimum absolute atomic E-state index is 0. The van der Waals surface area contributed by atoms with Crippen molar-refractivity contribution in [3.63, 3.8) is 0 Å². The first-order chi connectivity index (χ1) is 4.39. The Hall–Kier alpha value is 0.373. The second kappa shape index (κ2) is 9.37. The molecule has 3 heteroatoms. The largest absolute Gasteiger partial charge is 0.872 e. The molecule has 1 rings (SSSR count). The number of para-hydroxylation sites is 1. The van der Waals surface area contributed by atoms with Crippen LogP contribution in [0.5, 0.6) is 5.75 Å². The molecule has 1 nitrogen and oxygen atoms in total. The van der Waals surface area contributed by atoms with E-state index in [-0.39, 0.29) is 25.2 Å². The molecule has 0 fully saturated rings. The van der Waals surface area contributed by atoms with Gasteiger partial charge in [0.25, 0.3) is 0 Å². The van der Waals surface area contributed by atoms with Crippen LogP contribution in [0.25, 0.3) is 0 Å². The van der Waals surface area contributed by atoms with E-state index in [0.717, 1.165) is 0 Å². The molecule has 1 aromatic carbocycles. The summed E-state index contributed by atoms with van der Waals surface area (Å²) in [5, 5.41) is 10.3. The van der Waals surface area contributed by atoms with Crippen LogP contribution in [0.15, 0.2) is 30.3 Å². The standard InChI is InChI=1S/C6H6O.CH2I.Zn/c7-6-4-2-1-3-5-6;1-2;/h1-5,7H;1H2;/p-1. The fourth-order valence-corrected chi connectivity index (χ4v) is 0.420. The second-order valence-corrected chi connectivity index (χ2v) is 1.31. The minimum Gasteiger partial charge on any atom is -0.872 e. The van der Waals surface area contributed by atoms with Crippen LogP contribution in [0.4, 0.5) is 0 Å². The van der Waals surface area contributed by atoms with E-state index in [1.54, 1.807) is 12.1 Å². The Morgan fingerprint density at radius 2 is 1.50 bits per heavy atom. The Bertz CT molecular complexity index is 144. The van der Waals surface area contributed by atoms with Gasteiger partial charge in [-0.3, -0.25) is 0 Å². The molecule has 0 atom stereocenters. The van der Waals surface area contributed by atoms with Gasteiger partial charge in [-0.05, 0) is 0 Å². The maximum absolute atomic E-state index is 10.3. The van der Waals surface area contributed by atoms with Crippen LogP contribution in [-0.4, -0.2) is 0 Å². The molecule has 0 saturated carbocycles. The molecule has 0 spiro atoms. The van der Waals surface area contributed by atoms with Crippen molar-refractivity contribution in [1.29, 1.82) is 0 Å². The van der Waals surface area contributed by atoms with E-state index < -0.39 is 0 Å².